The molecule has 0 atom stereocenters. The summed E-state index contributed by atoms with van der Waals surface area (Å²) in [5.41, 5.74) is -1.29. The standard InChI is InChI=1S/C16H18FN3O3/c1-10-8-13(22)14(15(23)18-16(2,3)9-21)19-20(10)12-7-5-4-6-11(12)17/h4-8,21H,9H2,1-3H3,(H,18,23). The van der Waals surface area contributed by atoms with Crippen molar-refractivity contribution in [3.8, 4) is 5.69 Å². The van der Waals surface area contributed by atoms with Crippen molar-refractivity contribution in [1.82, 2.24) is 15.1 Å². The summed E-state index contributed by atoms with van der Waals surface area (Å²) in [4.78, 5) is 24.3. The second-order valence-electron chi connectivity index (χ2n) is 5.86. The molecule has 2 rings (SSSR count). The van der Waals surface area contributed by atoms with Crippen molar-refractivity contribution in [3.05, 3.63) is 57.8 Å². The van der Waals surface area contributed by atoms with Crippen LogP contribution in [0.4, 0.5) is 4.39 Å². The smallest absolute Gasteiger partial charge is 0.276 e. The number of carbonyl (C=O) groups excluding carboxylic acids is 1. The monoisotopic (exact) mass is 319 g/mol. The van der Waals surface area contributed by atoms with Crippen LogP contribution < -0.4 is 10.7 Å². The van der Waals surface area contributed by atoms with E-state index in [1.807, 2.05) is 0 Å². The fraction of sp³-hybridized carbons (Fsp3) is 0.312. The number of nitrogens with one attached hydrogen (secondary N) is 1. The van der Waals surface area contributed by atoms with E-state index in [-0.39, 0.29) is 18.0 Å². The van der Waals surface area contributed by atoms with Gasteiger partial charge < -0.3 is 10.4 Å². The van der Waals surface area contributed by atoms with Gasteiger partial charge in [-0.2, -0.15) is 5.10 Å². The van der Waals surface area contributed by atoms with E-state index >= 15 is 0 Å². The van der Waals surface area contributed by atoms with E-state index in [4.69, 9.17) is 0 Å². The van der Waals surface area contributed by atoms with Gasteiger partial charge in [0.25, 0.3) is 5.91 Å². The quantitative estimate of drug-likeness (QED) is 0.886. The van der Waals surface area contributed by atoms with Crippen LogP contribution in [-0.2, 0) is 0 Å². The Morgan fingerprint density at radius 2 is 2.04 bits per heavy atom. The Balaban J connectivity index is 2.51. The number of hydrogen-bond acceptors (Lipinski definition) is 4. The van der Waals surface area contributed by atoms with E-state index in [9.17, 15) is 19.1 Å². The number of nitrogens with zero attached hydrogens (tertiary/aromatic N) is 2. The third kappa shape index (κ3) is 3.62. The van der Waals surface area contributed by atoms with Crippen LogP contribution in [-0.4, -0.2) is 32.9 Å². The van der Waals surface area contributed by atoms with E-state index in [1.165, 1.54) is 28.9 Å². The van der Waals surface area contributed by atoms with Crippen molar-refractivity contribution in [2.24, 2.45) is 0 Å². The van der Waals surface area contributed by atoms with Crippen molar-refractivity contribution in [2.75, 3.05) is 6.61 Å². The summed E-state index contributed by atoms with van der Waals surface area (Å²) in [6.07, 6.45) is 0. The highest BCUT2D eigenvalue weighted by molar-refractivity contribution is 5.92. The Morgan fingerprint density at radius 3 is 2.65 bits per heavy atom. The van der Waals surface area contributed by atoms with Crippen molar-refractivity contribution in [2.45, 2.75) is 26.3 Å². The van der Waals surface area contributed by atoms with E-state index in [2.05, 4.69) is 10.4 Å². The lowest BCUT2D eigenvalue weighted by molar-refractivity contribution is 0.0861. The summed E-state index contributed by atoms with van der Waals surface area (Å²) in [6.45, 7) is 4.51. The number of aliphatic hydroxyl groups excluding tert-OH is 1. The van der Waals surface area contributed by atoms with Gasteiger partial charge in [-0.15, -0.1) is 0 Å². The summed E-state index contributed by atoms with van der Waals surface area (Å²) in [5.74, 6) is -1.24. The molecule has 122 valence electrons. The first kappa shape index (κ1) is 16.8. The first-order chi connectivity index (χ1) is 10.7. The SMILES string of the molecule is Cc1cc(=O)c(C(=O)NC(C)(C)CO)nn1-c1ccccc1F. The Bertz CT molecular complexity index is 799. The molecule has 23 heavy (non-hydrogen) atoms. The van der Waals surface area contributed by atoms with Crippen molar-refractivity contribution < 1.29 is 14.3 Å². The number of amides is 1. The maximum absolute atomic E-state index is 13.9. The van der Waals surface area contributed by atoms with Gasteiger partial charge in [0.15, 0.2) is 5.69 Å². The molecular formula is C16H18FN3O3. The van der Waals surface area contributed by atoms with Crippen LogP contribution in [0.2, 0.25) is 0 Å². The molecule has 0 unspecified atom stereocenters. The average Bonchev–Trinajstić information content (AvgIpc) is 2.48. The van der Waals surface area contributed by atoms with Crippen LogP contribution in [0.1, 0.15) is 30.0 Å². The molecule has 1 heterocycles. The summed E-state index contributed by atoms with van der Waals surface area (Å²) in [5, 5.41) is 15.7. The lowest BCUT2D eigenvalue weighted by Crippen LogP contribution is -2.48. The molecule has 2 aromatic rings. The molecule has 0 spiro atoms. The summed E-state index contributed by atoms with van der Waals surface area (Å²) in [7, 11) is 0. The normalized spacial score (nSPS) is 11.3. The summed E-state index contributed by atoms with van der Waals surface area (Å²) >= 11 is 0. The molecule has 0 aliphatic heterocycles. The first-order valence-corrected chi connectivity index (χ1v) is 7.04. The Kier molecular flexibility index (Phi) is 4.60. The van der Waals surface area contributed by atoms with E-state index < -0.39 is 22.7 Å². The molecule has 0 aliphatic carbocycles. The van der Waals surface area contributed by atoms with Gasteiger partial charge in [0.2, 0.25) is 5.43 Å². The molecule has 1 aromatic heterocycles. The zero-order valence-electron chi connectivity index (χ0n) is 13.1. The van der Waals surface area contributed by atoms with Crippen LogP contribution in [0.15, 0.2) is 35.1 Å². The predicted octanol–water partition coefficient (Wildman–Crippen LogP) is 1.18. The van der Waals surface area contributed by atoms with Crippen LogP contribution in [0, 0.1) is 12.7 Å². The highest BCUT2D eigenvalue weighted by Gasteiger charge is 2.23. The molecular weight excluding hydrogens is 301 g/mol. The molecule has 1 amide bonds. The lowest BCUT2D eigenvalue weighted by atomic mass is 10.1. The van der Waals surface area contributed by atoms with E-state index in [1.54, 1.807) is 26.8 Å². The van der Waals surface area contributed by atoms with Crippen molar-refractivity contribution in [1.29, 1.82) is 0 Å². The number of para-hydroxylation sites is 1. The topological polar surface area (TPSA) is 84.2 Å². The van der Waals surface area contributed by atoms with Crippen LogP contribution in [0.5, 0.6) is 0 Å². The zero-order valence-corrected chi connectivity index (χ0v) is 13.1. The molecule has 0 saturated heterocycles. The maximum Gasteiger partial charge on any atom is 0.276 e. The van der Waals surface area contributed by atoms with E-state index in [0.717, 1.165) is 0 Å². The number of halogens is 1. The fourth-order valence-electron chi connectivity index (χ4n) is 1.98. The largest absolute Gasteiger partial charge is 0.394 e. The zero-order chi connectivity index (χ0) is 17.2. The van der Waals surface area contributed by atoms with Crippen LogP contribution in [0.3, 0.4) is 0 Å². The van der Waals surface area contributed by atoms with Gasteiger partial charge in [0.1, 0.15) is 11.5 Å². The summed E-state index contributed by atoms with van der Waals surface area (Å²) < 4.78 is 15.1. The van der Waals surface area contributed by atoms with Gasteiger partial charge in [-0.05, 0) is 32.9 Å². The van der Waals surface area contributed by atoms with Gasteiger partial charge in [0.05, 0.1) is 12.1 Å². The number of hydrogen-bond donors (Lipinski definition) is 2. The maximum atomic E-state index is 13.9. The number of aliphatic hydroxyl groups is 1. The molecule has 6 nitrogen and oxygen atoms in total. The molecule has 7 heteroatoms. The highest BCUT2D eigenvalue weighted by atomic mass is 19.1. The van der Waals surface area contributed by atoms with Gasteiger partial charge in [0, 0.05) is 11.8 Å². The molecule has 0 bridgehead atoms. The minimum atomic E-state index is -0.904. The lowest BCUT2D eigenvalue weighted by Gasteiger charge is -2.23. The Labute approximate surface area is 132 Å². The Hall–Kier alpha value is -2.54. The van der Waals surface area contributed by atoms with Gasteiger partial charge in [-0.3, -0.25) is 9.59 Å². The number of aromatic nitrogens is 2. The second kappa shape index (κ2) is 6.29. The molecule has 0 saturated carbocycles. The molecule has 0 fully saturated rings. The number of rotatable bonds is 4. The highest BCUT2D eigenvalue weighted by Crippen LogP contribution is 2.13. The van der Waals surface area contributed by atoms with Gasteiger partial charge in [-0.1, -0.05) is 12.1 Å². The predicted molar refractivity (Wildman–Crippen MR) is 83.2 cm³/mol. The third-order valence-corrected chi connectivity index (χ3v) is 3.25. The Morgan fingerprint density at radius 1 is 1.39 bits per heavy atom. The van der Waals surface area contributed by atoms with Crippen LogP contribution in [0.25, 0.3) is 5.69 Å². The van der Waals surface area contributed by atoms with Gasteiger partial charge >= 0.3 is 0 Å². The molecule has 2 N–H and O–H groups in total. The molecule has 0 radical (unpaired) electrons. The number of benzene rings is 1. The number of aryl methyl sites for hydroxylation is 1. The second-order valence-corrected chi connectivity index (χ2v) is 5.86. The minimum absolute atomic E-state index is 0.139. The fourth-order valence-corrected chi connectivity index (χ4v) is 1.98. The molecule has 0 aliphatic rings. The average molecular weight is 319 g/mol. The first-order valence-electron chi connectivity index (χ1n) is 7.04. The molecule has 1 aromatic carbocycles. The third-order valence-electron chi connectivity index (χ3n) is 3.25. The number of carbonyl (C=O) groups is 1. The van der Waals surface area contributed by atoms with E-state index in [0.29, 0.717) is 5.69 Å². The summed E-state index contributed by atoms with van der Waals surface area (Å²) in [6, 6.07) is 7.16. The van der Waals surface area contributed by atoms with Crippen molar-refractivity contribution >= 4 is 5.91 Å². The van der Waals surface area contributed by atoms with Crippen molar-refractivity contribution in [3.63, 3.8) is 0 Å². The van der Waals surface area contributed by atoms with Gasteiger partial charge in [-0.25, -0.2) is 9.07 Å². The van der Waals surface area contributed by atoms with Crippen LogP contribution >= 0.6 is 0 Å². The minimum Gasteiger partial charge on any atom is -0.394 e.